The molecule has 0 saturated carbocycles. The topological polar surface area (TPSA) is 95.7 Å². The number of rotatable bonds is 5. The first-order valence-corrected chi connectivity index (χ1v) is 7.64. The molecule has 0 unspecified atom stereocenters. The molecular formula is C13H10ClNO6S. The average Bonchev–Trinajstić information content (AvgIpc) is 2.46. The third kappa shape index (κ3) is 3.46. The average molecular weight is 344 g/mol. The Morgan fingerprint density at radius 2 is 1.82 bits per heavy atom. The van der Waals surface area contributed by atoms with Crippen LogP contribution in [0.4, 0.5) is 5.69 Å². The van der Waals surface area contributed by atoms with E-state index in [0.717, 1.165) is 12.1 Å². The van der Waals surface area contributed by atoms with Crippen molar-refractivity contribution in [2.45, 2.75) is 4.90 Å². The highest BCUT2D eigenvalue weighted by molar-refractivity contribution is 7.87. The molecule has 0 aromatic heterocycles. The molecule has 0 amide bonds. The molecule has 0 aliphatic carbocycles. The zero-order chi connectivity index (χ0) is 16.3. The van der Waals surface area contributed by atoms with E-state index in [9.17, 15) is 18.5 Å². The maximum absolute atomic E-state index is 12.3. The first-order chi connectivity index (χ1) is 10.3. The van der Waals surface area contributed by atoms with E-state index in [0.29, 0.717) is 5.75 Å². The van der Waals surface area contributed by atoms with Gasteiger partial charge in [0.15, 0.2) is 4.90 Å². The van der Waals surface area contributed by atoms with Crippen LogP contribution in [0.15, 0.2) is 47.4 Å². The molecule has 0 radical (unpaired) electrons. The predicted octanol–water partition coefficient (Wildman–Crippen LogP) is 3.02. The number of ether oxygens (including phenoxy) is 1. The van der Waals surface area contributed by atoms with Gasteiger partial charge in [-0.1, -0.05) is 17.7 Å². The van der Waals surface area contributed by atoms with Crippen LogP contribution >= 0.6 is 11.6 Å². The van der Waals surface area contributed by atoms with Gasteiger partial charge in [0.2, 0.25) is 0 Å². The molecule has 0 atom stereocenters. The summed E-state index contributed by atoms with van der Waals surface area (Å²) in [5, 5.41) is 11.0. The zero-order valence-corrected chi connectivity index (χ0v) is 12.8. The van der Waals surface area contributed by atoms with E-state index < -0.39 is 25.6 Å². The minimum absolute atomic E-state index is 0.0337. The highest BCUT2D eigenvalue weighted by atomic mass is 35.5. The molecule has 2 rings (SSSR count). The Kier molecular flexibility index (Phi) is 4.53. The molecule has 0 aliphatic rings. The molecule has 116 valence electrons. The maximum Gasteiger partial charge on any atom is 0.346 e. The molecule has 2 aromatic carbocycles. The fourth-order valence-corrected chi connectivity index (χ4v) is 3.02. The molecule has 9 heteroatoms. The second-order valence-electron chi connectivity index (χ2n) is 4.09. The van der Waals surface area contributed by atoms with E-state index >= 15 is 0 Å². The summed E-state index contributed by atoms with van der Waals surface area (Å²) in [5.41, 5.74) is -0.618. The SMILES string of the molecule is COc1cccc(OS(=O)(=O)c2cc(Cl)ccc2[N+](=O)[O-])c1. The molecule has 0 N–H and O–H groups in total. The lowest BCUT2D eigenvalue weighted by Gasteiger charge is -2.08. The van der Waals surface area contributed by atoms with Crippen LogP contribution in [0.2, 0.25) is 5.02 Å². The Balaban J connectivity index is 2.46. The fraction of sp³-hybridized carbons (Fsp3) is 0.0769. The van der Waals surface area contributed by atoms with Crippen molar-refractivity contribution in [1.82, 2.24) is 0 Å². The number of halogens is 1. The van der Waals surface area contributed by atoms with Crippen molar-refractivity contribution in [3.63, 3.8) is 0 Å². The largest absolute Gasteiger partial charge is 0.497 e. The number of nitrogens with zero attached hydrogens (tertiary/aromatic N) is 1. The lowest BCUT2D eigenvalue weighted by Crippen LogP contribution is -2.12. The van der Waals surface area contributed by atoms with Crippen LogP contribution in [0.1, 0.15) is 0 Å². The number of benzene rings is 2. The van der Waals surface area contributed by atoms with E-state index in [1.165, 1.54) is 31.4 Å². The maximum atomic E-state index is 12.3. The van der Waals surface area contributed by atoms with Crippen LogP contribution in [0, 0.1) is 10.1 Å². The third-order valence-electron chi connectivity index (χ3n) is 2.64. The second kappa shape index (κ2) is 6.20. The van der Waals surface area contributed by atoms with Crippen molar-refractivity contribution in [2.24, 2.45) is 0 Å². The minimum Gasteiger partial charge on any atom is -0.497 e. The van der Waals surface area contributed by atoms with Crippen molar-refractivity contribution in [1.29, 1.82) is 0 Å². The summed E-state index contributed by atoms with van der Waals surface area (Å²) >= 11 is 5.72. The number of nitro groups is 1. The quantitative estimate of drug-likeness (QED) is 0.470. The van der Waals surface area contributed by atoms with Gasteiger partial charge in [-0.15, -0.1) is 0 Å². The highest BCUT2D eigenvalue weighted by Crippen LogP contribution is 2.30. The second-order valence-corrected chi connectivity index (χ2v) is 6.04. The molecule has 2 aromatic rings. The van der Waals surface area contributed by atoms with Gasteiger partial charge in [-0.05, 0) is 24.3 Å². The monoisotopic (exact) mass is 343 g/mol. The molecule has 7 nitrogen and oxygen atoms in total. The van der Waals surface area contributed by atoms with E-state index in [1.54, 1.807) is 6.07 Å². The first kappa shape index (κ1) is 16.1. The Hall–Kier alpha value is -2.32. The van der Waals surface area contributed by atoms with Crippen LogP contribution in [0.25, 0.3) is 0 Å². The molecule has 0 spiro atoms. The minimum atomic E-state index is -4.42. The van der Waals surface area contributed by atoms with E-state index in [1.807, 2.05) is 0 Å². The van der Waals surface area contributed by atoms with Gasteiger partial charge >= 0.3 is 10.1 Å². The van der Waals surface area contributed by atoms with Crippen LogP contribution in [0.5, 0.6) is 11.5 Å². The van der Waals surface area contributed by atoms with Gasteiger partial charge < -0.3 is 8.92 Å². The number of hydrogen-bond donors (Lipinski definition) is 0. The van der Waals surface area contributed by atoms with Crippen LogP contribution in [-0.2, 0) is 10.1 Å². The van der Waals surface area contributed by atoms with Crippen molar-refractivity contribution in [2.75, 3.05) is 7.11 Å². The summed E-state index contributed by atoms with van der Waals surface area (Å²) in [6.07, 6.45) is 0. The van der Waals surface area contributed by atoms with E-state index in [2.05, 4.69) is 0 Å². The van der Waals surface area contributed by atoms with Gasteiger partial charge in [0.05, 0.1) is 12.0 Å². The smallest absolute Gasteiger partial charge is 0.346 e. The first-order valence-electron chi connectivity index (χ1n) is 5.86. The normalized spacial score (nSPS) is 11.0. The van der Waals surface area contributed by atoms with Gasteiger partial charge in [-0.3, -0.25) is 10.1 Å². The van der Waals surface area contributed by atoms with Gasteiger partial charge in [0.25, 0.3) is 5.69 Å². The lowest BCUT2D eigenvalue weighted by atomic mass is 10.3. The summed E-state index contributed by atoms with van der Waals surface area (Å²) in [6.45, 7) is 0. The number of methoxy groups -OCH3 is 1. The standard InChI is InChI=1S/C13H10ClNO6S/c1-20-10-3-2-4-11(8-10)21-22(18,19)13-7-9(14)5-6-12(13)15(16)17/h2-8H,1H3. The molecule has 22 heavy (non-hydrogen) atoms. The third-order valence-corrected chi connectivity index (χ3v) is 4.15. The highest BCUT2D eigenvalue weighted by Gasteiger charge is 2.28. The zero-order valence-electron chi connectivity index (χ0n) is 11.2. The fourth-order valence-electron chi connectivity index (χ4n) is 1.66. The molecule has 0 fully saturated rings. The summed E-state index contributed by atoms with van der Waals surface area (Å²) < 4.78 is 34.4. The summed E-state index contributed by atoms with van der Waals surface area (Å²) in [6, 6.07) is 9.05. The van der Waals surface area contributed by atoms with Crippen LogP contribution in [0.3, 0.4) is 0 Å². The van der Waals surface area contributed by atoms with Crippen molar-refractivity contribution < 1.29 is 22.3 Å². The van der Waals surface area contributed by atoms with Crippen LogP contribution < -0.4 is 8.92 Å². The number of nitro benzene ring substituents is 1. The van der Waals surface area contributed by atoms with Gasteiger partial charge in [0.1, 0.15) is 11.5 Å². The van der Waals surface area contributed by atoms with Gasteiger partial charge in [0, 0.05) is 17.2 Å². The van der Waals surface area contributed by atoms with Crippen molar-refractivity contribution in [3.05, 3.63) is 57.6 Å². The molecular weight excluding hydrogens is 334 g/mol. The Morgan fingerprint density at radius 1 is 1.14 bits per heavy atom. The molecule has 0 saturated heterocycles. The Morgan fingerprint density at radius 3 is 2.45 bits per heavy atom. The van der Waals surface area contributed by atoms with Gasteiger partial charge in [-0.25, -0.2) is 0 Å². The predicted molar refractivity (Wildman–Crippen MR) is 78.9 cm³/mol. The van der Waals surface area contributed by atoms with Crippen LogP contribution in [-0.4, -0.2) is 20.5 Å². The lowest BCUT2D eigenvalue weighted by molar-refractivity contribution is -0.387. The van der Waals surface area contributed by atoms with E-state index in [4.69, 9.17) is 20.5 Å². The molecule has 0 aliphatic heterocycles. The Labute approximate surface area is 131 Å². The summed E-state index contributed by atoms with van der Waals surface area (Å²) in [5.74, 6) is 0.349. The molecule has 0 heterocycles. The van der Waals surface area contributed by atoms with Crippen molar-refractivity contribution >= 4 is 27.4 Å². The summed E-state index contributed by atoms with van der Waals surface area (Å²) in [7, 11) is -3.01. The summed E-state index contributed by atoms with van der Waals surface area (Å²) in [4.78, 5) is 9.52. The Bertz CT molecular complexity index is 821. The van der Waals surface area contributed by atoms with Crippen molar-refractivity contribution in [3.8, 4) is 11.5 Å². The van der Waals surface area contributed by atoms with E-state index in [-0.39, 0.29) is 10.8 Å². The number of hydrogen-bond acceptors (Lipinski definition) is 6. The van der Waals surface area contributed by atoms with Gasteiger partial charge in [-0.2, -0.15) is 8.42 Å². The molecule has 0 bridgehead atoms.